The summed E-state index contributed by atoms with van der Waals surface area (Å²) in [5.74, 6) is 2.27. The Morgan fingerprint density at radius 1 is 1.12 bits per heavy atom. The molecule has 0 bridgehead atoms. The van der Waals surface area contributed by atoms with Gasteiger partial charge in [-0.2, -0.15) is 0 Å². The van der Waals surface area contributed by atoms with E-state index >= 15 is 0 Å². The average Bonchev–Trinajstić information content (AvgIpc) is 3.24. The van der Waals surface area contributed by atoms with Crippen LogP contribution in [0.2, 0.25) is 0 Å². The minimum atomic E-state index is -0.520. The van der Waals surface area contributed by atoms with Crippen molar-refractivity contribution in [2.24, 2.45) is 23.7 Å². The third-order valence-corrected chi connectivity index (χ3v) is 8.89. The summed E-state index contributed by atoms with van der Waals surface area (Å²) < 4.78 is 6.29. The van der Waals surface area contributed by atoms with Crippen LogP contribution in [0.1, 0.15) is 97.8 Å². The van der Waals surface area contributed by atoms with Gasteiger partial charge < -0.3 is 20.1 Å². The number of hydrogen-bond acceptors (Lipinski definition) is 4. The smallest absolute Gasteiger partial charge is 0.0643 e. The zero-order valence-corrected chi connectivity index (χ0v) is 20.8. The lowest BCUT2D eigenvalue weighted by Gasteiger charge is -2.34. The topological polar surface area (TPSA) is 69.9 Å². The highest BCUT2D eigenvalue weighted by atomic mass is 16.5. The summed E-state index contributed by atoms with van der Waals surface area (Å²) >= 11 is 0. The molecule has 0 saturated heterocycles. The molecule has 0 spiro atoms. The van der Waals surface area contributed by atoms with Gasteiger partial charge in [0.2, 0.25) is 0 Å². The fraction of sp³-hybridized carbons (Fsp3) is 0.857. The summed E-state index contributed by atoms with van der Waals surface area (Å²) in [7, 11) is 0. The molecule has 4 heteroatoms. The van der Waals surface area contributed by atoms with Crippen molar-refractivity contribution in [3.8, 4) is 0 Å². The fourth-order valence-corrected chi connectivity index (χ4v) is 6.70. The summed E-state index contributed by atoms with van der Waals surface area (Å²) in [5, 5.41) is 30.1. The van der Waals surface area contributed by atoms with Gasteiger partial charge in [0.15, 0.2) is 0 Å². The van der Waals surface area contributed by atoms with Crippen LogP contribution in [-0.2, 0) is 4.74 Å². The van der Waals surface area contributed by atoms with Gasteiger partial charge in [0.05, 0.1) is 17.8 Å². The molecule has 3 aliphatic rings. The van der Waals surface area contributed by atoms with Gasteiger partial charge in [-0.25, -0.2) is 0 Å². The normalized spacial score (nSPS) is 34.8. The van der Waals surface area contributed by atoms with Crippen molar-refractivity contribution in [1.82, 2.24) is 0 Å². The SMILES string of the molecule is CCC(O)(CC)CCCO[C@H](C)[C@H]1CC[C@H]2/C(=C/C=C3/C[C@@H](O)C[C@H](CO)C3)CCCC21. The number of allylic oxidation sites excluding steroid dienone is 3. The van der Waals surface area contributed by atoms with Crippen molar-refractivity contribution in [3.05, 3.63) is 23.3 Å². The first-order chi connectivity index (χ1) is 15.4. The predicted octanol–water partition coefficient (Wildman–Crippen LogP) is 5.56. The van der Waals surface area contributed by atoms with Gasteiger partial charge in [0.25, 0.3) is 0 Å². The third-order valence-electron chi connectivity index (χ3n) is 8.89. The molecule has 0 aromatic heterocycles. The highest BCUT2D eigenvalue weighted by Gasteiger charge is 2.42. The molecule has 3 saturated carbocycles. The molecule has 1 unspecified atom stereocenters. The molecule has 0 radical (unpaired) electrons. The van der Waals surface area contributed by atoms with Gasteiger partial charge in [0, 0.05) is 13.2 Å². The molecule has 6 atom stereocenters. The Balaban J connectivity index is 1.53. The van der Waals surface area contributed by atoms with Crippen molar-refractivity contribution >= 4 is 0 Å². The summed E-state index contributed by atoms with van der Waals surface area (Å²) in [6.07, 6.45) is 16.7. The van der Waals surface area contributed by atoms with Gasteiger partial charge in [-0.15, -0.1) is 0 Å². The maximum atomic E-state index is 10.5. The molecule has 0 aliphatic heterocycles. The standard InChI is InChI=1S/C28H48O4/c1-4-28(31,5-2)14-7-15-32-20(3)25-12-13-26-23(8-6-9-27(25)26)11-10-21-16-22(19-29)18-24(30)17-21/h10-11,20,22,24-27,29-31H,4-9,12-19H2,1-3H3/b21-10+,23-11+/t20-,22-,24-,25-,26+,27?/m1/s1. The van der Waals surface area contributed by atoms with Gasteiger partial charge in [-0.05, 0) is 108 Å². The van der Waals surface area contributed by atoms with E-state index in [0.29, 0.717) is 11.8 Å². The average molecular weight is 449 g/mol. The highest BCUT2D eigenvalue weighted by Crippen LogP contribution is 2.50. The van der Waals surface area contributed by atoms with E-state index in [4.69, 9.17) is 4.74 Å². The van der Waals surface area contributed by atoms with Crippen LogP contribution in [0.25, 0.3) is 0 Å². The van der Waals surface area contributed by atoms with Gasteiger partial charge >= 0.3 is 0 Å². The van der Waals surface area contributed by atoms with Crippen LogP contribution in [0.4, 0.5) is 0 Å². The molecule has 3 N–H and O–H groups in total. The molecule has 32 heavy (non-hydrogen) atoms. The lowest BCUT2D eigenvalue weighted by molar-refractivity contribution is -0.0166. The van der Waals surface area contributed by atoms with Crippen LogP contribution >= 0.6 is 0 Å². The minimum absolute atomic E-state index is 0.172. The first-order valence-electron chi connectivity index (χ1n) is 13.4. The lowest BCUT2D eigenvalue weighted by atomic mass is 9.73. The van der Waals surface area contributed by atoms with E-state index in [-0.39, 0.29) is 24.7 Å². The van der Waals surface area contributed by atoms with Gasteiger partial charge in [-0.3, -0.25) is 0 Å². The summed E-state index contributed by atoms with van der Waals surface area (Å²) in [5.41, 5.74) is 2.37. The first-order valence-corrected chi connectivity index (χ1v) is 13.4. The Kier molecular flexibility index (Phi) is 9.85. The second kappa shape index (κ2) is 12.1. The third kappa shape index (κ3) is 6.68. The molecule has 4 nitrogen and oxygen atoms in total. The maximum Gasteiger partial charge on any atom is 0.0643 e. The predicted molar refractivity (Wildman–Crippen MR) is 130 cm³/mol. The molecular weight excluding hydrogens is 400 g/mol. The second-order valence-electron chi connectivity index (χ2n) is 10.9. The molecule has 0 aromatic rings. The molecule has 3 fully saturated rings. The van der Waals surface area contributed by atoms with E-state index in [2.05, 4.69) is 32.9 Å². The Labute approximate surface area is 196 Å². The Hall–Kier alpha value is -0.680. The quantitative estimate of drug-likeness (QED) is 0.383. The number of aliphatic hydroxyl groups is 3. The van der Waals surface area contributed by atoms with Crippen LogP contribution in [-0.4, -0.2) is 46.3 Å². The highest BCUT2D eigenvalue weighted by molar-refractivity contribution is 5.24. The summed E-state index contributed by atoms with van der Waals surface area (Å²) in [6, 6.07) is 0. The van der Waals surface area contributed by atoms with Crippen LogP contribution in [0, 0.1) is 23.7 Å². The first kappa shape index (κ1) is 25.9. The zero-order chi connectivity index (χ0) is 23.1. The second-order valence-corrected chi connectivity index (χ2v) is 10.9. The monoisotopic (exact) mass is 448 g/mol. The van der Waals surface area contributed by atoms with E-state index in [0.717, 1.165) is 57.5 Å². The van der Waals surface area contributed by atoms with Crippen LogP contribution in [0.15, 0.2) is 23.3 Å². The minimum Gasteiger partial charge on any atom is -0.396 e. The molecular formula is C28H48O4. The Morgan fingerprint density at radius 3 is 2.62 bits per heavy atom. The zero-order valence-electron chi connectivity index (χ0n) is 20.8. The van der Waals surface area contributed by atoms with Crippen molar-refractivity contribution in [2.45, 2.75) is 116 Å². The van der Waals surface area contributed by atoms with Crippen molar-refractivity contribution in [1.29, 1.82) is 0 Å². The largest absolute Gasteiger partial charge is 0.396 e. The van der Waals surface area contributed by atoms with E-state index < -0.39 is 5.60 Å². The van der Waals surface area contributed by atoms with Gasteiger partial charge in [-0.1, -0.05) is 37.1 Å². The molecule has 0 aromatic carbocycles. The molecule has 0 amide bonds. The van der Waals surface area contributed by atoms with Gasteiger partial charge in [0.1, 0.15) is 0 Å². The summed E-state index contributed by atoms with van der Waals surface area (Å²) in [6.45, 7) is 7.32. The van der Waals surface area contributed by atoms with Crippen LogP contribution in [0.3, 0.4) is 0 Å². The van der Waals surface area contributed by atoms with Crippen LogP contribution in [0.5, 0.6) is 0 Å². The summed E-state index contributed by atoms with van der Waals surface area (Å²) in [4.78, 5) is 0. The maximum absolute atomic E-state index is 10.5. The number of rotatable bonds is 10. The Morgan fingerprint density at radius 2 is 1.91 bits per heavy atom. The van der Waals surface area contributed by atoms with Crippen molar-refractivity contribution in [3.63, 3.8) is 0 Å². The van der Waals surface area contributed by atoms with Crippen molar-refractivity contribution < 1.29 is 20.1 Å². The van der Waals surface area contributed by atoms with E-state index in [9.17, 15) is 15.3 Å². The lowest BCUT2D eigenvalue weighted by Crippen LogP contribution is -2.30. The number of fused-ring (bicyclic) bond motifs is 1. The van der Waals surface area contributed by atoms with E-state index in [1.54, 1.807) is 5.57 Å². The molecule has 0 heterocycles. The Bertz CT molecular complexity index is 635. The number of hydrogen-bond donors (Lipinski definition) is 3. The molecule has 3 aliphatic carbocycles. The number of ether oxygens (including phenoxy) is 1. The fourth-order valence-electron chi connectivity index (χ4n) is 6.70. The van der Waals surface area contributed by atoms with E-state index in [1.807, 2.05) is 0 Å². The van der Waals surface area contributed by atoms with Crippen molar-refractivity contribution in [2.75, 3.05) is 13.2 Å². The van der Waals surface area contributed by atoms with E-state index in [1.165, 1.54) is 37.7 Å². The van der Waals surface area contributed by atoms with Crippen LogP contribution < -0.4 is 0 Å². The number of aliphatic hydroxyl groups excluding tert-OH is 2. The molecule has 184 valence electrons. The molecule has 3 rings (SSSR count).